The average Bonchev–Trinajstić information content (AvgIpc) is 3.05. The molecule has 0 saturated heterocycles. The second-order valence-corrected chi connectivity index (χ2v) is 8.01. The molecule has 0 unspecified atom stereocenters. The van der Waals surface area contributed by atoms with Crippen LogP contribution in [-0.4, -0.2) is 63.8 Å². The van der Waals surface area contributed by atoms with E-state index in [4.69, 9.17) is 10.2 Å². The standard InChI is InChI=1S/C21H26N4O3S/c1-14-3-5-16(6-4-14)18-15(2)29-21-19(18)20(23-13-24-21)22-8-7-17(28)25(9-11-26)10-12-27/h3-6,13,26-27H,7-12H2,1-2H3,(H,22,23,24). The zero-order chi connectivity index (χ0) is 20.8. The Morgan fingerprint density at radius 3 is 2.45 bits per heavy atom. The summed E-state index contributed by atoms with van der Waals surface area (Å²) in [6, 6.07) is 8.38. The molecular formula is C21H26N4O3S. The van der Waals surface area contributed by atoms with Gasteiger partial charge in [-0.05, 0) is 19.4 Å². The first-order chi connectivity index (χ1) is 14.0. The minimum atomic E-state index is -0.125. The molecule has 0 atom stereocenters. The van der Waals surface area contributed by atoms with Gasteiger partial charge in [-0.2, -0.15) is 0 Å². The van der Waals surface area contributed by atoms with Crippen LogP contribution in [0, 0.1) is 13.8 Å². The number of aryl methyl sites for hydroxylation is 2. The van der Waals surface area contributed by atoms with Crippen LogP contribution in [0.5, 0.6) is 0 Å². The molecule has 3 aromatic rings. The minimum Gasteiger partial charge on any atom is -0.395 e. The number of anilines is 1. The molecule has 0 spiro atoms. The van der Waals surface area contributed by atoms with Crippen LogP contribution in [0.1, 0.15) is 16.9 Å². The van der Waals surface area contributed by atoms with Crippen molar-refractivity contribution in [1.82, 2.24) is 14.9 Å². The fourth-order valence-corrected chi connectivity index (χ4v) is 4.31. The van der Waals surface area contributed by atoms with Crippen molar-refractivity contribution in [2.45, 2.75) is 20.3 Å². The largest absolute Gasteiger partial charge is 0.395 e. The molecule has 8 heteroatoms. The Morgan fingerprint density at radius 1 is 1.10 bits per heavy atom. The number of aliphatic hydroxyl groups is 2. The number of nitrogens with zero attached hydrogens (tertiary/aromatic N) is 3. The molecule has 3 rings (SSSR count). The van der Waals surface area contributed by atoms with Gasteiger partial charge in [0, 0.05) is 36.5 Å². The Hall–Kier alpha value is -2.55. The molecule has 0 saturated carbocycles. The monoisotopic (exact) mass is 414 g/mol. The number of carbonyl (C=O) groups excluding carboxylic acids is 1. The zero-order valence-corrected chi connectivity index (χ0v) is 17.5. The molecule has 0 fully saturated rings. The average molecular weight is 415 g/mol. The van der Waals surface area contributed by atoms with Gasteiger partial charge in [0.2, 0.25) is 5.91 Å². The van der Waals surface area contributed by atoms with E-state index in [0.29, 0.717) is 12.4 Å². The summed E-state index contributed by atoms with van der Waals surface area (Å²) in [6.45, 7) is 4.74. The maximum Gasteiger partial charge on any atom is 0.224 e. The molecule has 1 amide bonds. The van der Waals surface area contributed by atoms with Crippen LogP contribution in [0.25, 0.3) is 21.3 Å². The molecule has 0 aliphatic carbocycles. The van der Waals surface area contributed by atoms with Crippen LogP contribution in [0.3, 0.4) is 0 Å². The molecule has 0 aliphatic rings. The van der Waals surface area contributed by atoms with Gasteiger partial charge in [0.15, 0.2) is 0 Å². The summed E-state index contributed by atoms with van der Waals surface area (Å²) in [7, 11) is 0. The Morgan fingerprint density at radius 2 is 1.79 bits per heavy atom. The van der Waals surface area contributed by atoms with Gasteiger partial charge in [-0.1, -0.05) is 29.8 Å². The maximum absolute atomic E-state index is 12.3. The second kappa shape index (κ2) is 9.78. The van der Waals surface area contributed by atoms with Crippen LogP contribution >= 0.6 is 11.3 Å². The number of aromatic nitrogens is 2. The van der Waals surface area contributed by atoms with Crippen LogP contribution in [-0.2, 0) is 4.79 Å². The van der Waals surface area contributed by atoms with Gasteiger partial charge in [0.1, 0.15) is 17.0 Å². The smallest absolute Gasteiger partial charge is 0.224 e. The third-order valence-corrected chi connectivity index (χ3v) is 5.74. The number of aliphatic hydroxyl groups excluding tert-OH is 2. The van der Waals surface area contributed by atoms with Crippen molar-refractivity contribution < 1.29 is 15.0 Å². The van der Waals surface area contributed by atoms with E-state index in [0.717, 1.165) is 21.3 Å². The van der Waals surface area contributed by atoms with Crippen LogP contribution in [0.4, 0.5) is 5.82 Å². The summed E-state index contributed by atoms with van der Waals surface area (Å²) in [5.41, 5.74) is 3.43. The molecule has 0 aliphatic heterocycles. The normalized spacial score (nSPS) is 11.0. The molecule has 2 heterocycles. The van der Waals surface area contributed by atoms with Gasteiger partial charge >= 0.3 is 0 Å². The third-order valence-electron chi connectivity index (χ3n) is 4.73. The van der Waals surface area contributed by atoms with E-state index >= 15 is 0 Å². The SMILES string of the molecule is Cc1ccc(-c2c(C)sc3ncnc(NCCC(=O)N(CCO)CCO)c23)cc1. The van der Waals surface area contributed by atoms with Crippen molar-refractivity contribution >= 4 is 33.3 Å². The second-order valence-electron chi connectivity index (χ2n) is 6.81. The highest BCUT2D eigenvalue weighted by molar-refractivity contribution is 7.19. The summed E-state index contributed by atoms with van der Waals surface area (Å²) >= 11 is 1.63. The van der Waals surface area contributed by atoms with Gasteiger partial charge in [-0.15, -0.1) is 11.3 Å². The number of rotatable bonds is 9. The van der Waals surface area contributed by atoms with Crippen molar-refractivity contribution in [1.29, 1.82) is 0 Å². The van der Waals surface area contributed by atoms with E-state index in [1.165, 1.54) is 21.7 Å². The Bertz CT molecular complexity index is 966. The van der Waals surface area contributed by atoms with Gasteiger partial charge in [-0.25, -0.2) is 9.97 Å². The lowest BCUT2D eigenvalue weighted by molar-refractivity contribution is -0.131. The number of carbonyl (C=O) groups is 1. The van der Waals surface area contributed by atoms with Crippen LogP contribution in [0.15, 0.2) is 30.6 Å². The fraction of sp³-hybridized carbons (Fsp3) is 0.381. The first-order valence-electron chi connectivity index (χ1n) is 9.59. The predicted molar refractivity (Wildman–Crippen MR) is 116 cm³/mol. The van der Waals surface area contributed by atoms with Gasteiger partial charge < -0.3 is 20.4 Å². The lowest BCUT2D eigenvalue weighted by Gasteiger charge is -2.20. The number of hydrogen-bond donors (Lipinski definition) is 3. The lowest BCUT2D eigenvalue weighted by Crippen LogP contribution is -2.36. The summed E-state index contributed by atoms with van der Waals surface area (Å²) in [5.74, 6) is 0.588. The van der Waals surface area contributed by atoms with Crippen molar-refractivity contribution in [2.75, 3.05) is 38.2 Å². The maximum atomic E-state index is 12.3. The number of benzene rings is 1. The van der Waals surface area contributed by atoms with Gasteiger partial charge in [0.25, 0.3) is 0 Å². The minimum absolute atomic E-state index is 0.119. The van der Waals surface area contributed by atoms with E-state index < -0.39 is 0 Å². The lowest BCUT2D eigenvalue weighted by atomic mass is 10.0. The van der Waals surface area contributed by atoms with E-state index in [2.05, 4.69) is 53.4 Å². The molecule has 2 aromatic heterocycles. The predicted octanol–water partition coefficient (Wildman–Crippen LogP) is 2.59. The summed E-state index contributed by atoms with van der Waals surface area (Å²) in [6.07, 6.45) is 1.78. The fourth-order valence-electron chi connectivity index (χ4n) is 3.29. The highest BCUT2D eigenvalue weighted by atomic mass is 32.1. The number of hydrogen-bond acceptors (Lipinski definition) is 7. The molecule has 154 valence electrons. The topological polar surface area (TPSA) is 98.6 Å². The summed E-state index contributed by atoms with van der Waals surface area (Å²) in [5, 5.41) is 22.4. The number of nitrogens with one attached hydrogen (secondary N) is 1. The first kappa shape index (κ1) is 21.2. The number of amides is 1. The first-order valence-corrected chi connectivity index (χ1v) is 10.4. The van der Waals surface area contributed by atoms with Crippen LogP contribution < -0.4 is 5.32 Å². The Balaban J connectivity index is 1.81. The highest BCUT2D eigenvalue weighted by Crippen LogP contribution is 2.40. The number of fused-ring (bicyclic) bond motifs is 1. The van der Waals surface area contributed by atoms with Crippen molar-refractivity contribution in [3.05, 3.63) is 41.0 Å². The molecular weight excluding hydrogens is 388 g/mol. The third kappa shape index (κ3) is 4.90. The van der Waals surface area contributed by atoms with Gasteiger partial charge in [0.05, 0.1) is 18.6 Å². The Kier molecular flexibility index (Phi) is 7.13. The molecule has 3 N–H and O–H groups in total. The molecule has 29 heavy (non-hydrogen) atoms. The quantitative estimate of drug-likeness (QED) is 0.498. The molecule has 1 aromatic carbocycles. The summed E-state index contributed by atoms with van der Waals surface area (Å²) < 4.78 is 0. The summed E-state index contributed by atoms with van der Waals surface area (Å²) in [4.78, 5) is 24.7. The molecule has 0 radical (unpaired) electrons. The molecule has 0 bridgehead atoms. The van der Waals surface area contributed by atoms with Crippen molar-refractivity contribution in [2.24, 2.45) is 0 Å². The van der Waals surface area contributed by atoms with Crippen molar-refractivity contribution in [3.63, 3.8) is 0 Å². The van der Waals surface area contributed by atoms with Gasteiger partial charge in [-0.3, -0.25) is 4.79 Å². The van der Waals surface area contributed by atoms with E-state index in [1.54, 1.807) is 11.3 Å². The molecule has 7 nitrogen and oxygen atoms in total. The van der Waals surface area contributed by atoms with Crippen molar-refractivity contribution in [3.8, 4) is 11.1 Å². The van der Waals surface area contributed by atoms with E-state index in [-0.39, 0.29) is 38.6 Å². The number of thiophene rings is 1. The van der Waals surface area contributed by atoms with Crippen LogP contribution in [0.2, 0.25) is 0 Å². The van der Waals surface area contributed by atoms with E-state index in [1.807, 2.05) is 0 Å². The zero-order valence-electron chi connectivity index (χ0n) is 16.7. The Labute approximate surface area is 174 Å². The highest BCUT2D eigenvalue weighted by Gasteiger charge is 2.17. The van der Waals surface area contributed by atoms with E-state index in [9.17, 15) is 4.79 Å².